The molecule has 0 aromatic heterocycles. The van der Waals surface area contributed by atoms with Gasteiger partial charge in [-0.1, -0.05) is 133 Å². The van der Waals surface area contributed by atoms with Gasteiger partial charge < -0.3 is 5.32 Å². The monoisotopic (exact) mass is 470 g/mol. The third-order valence-corrected chi connectivity index (χ3v) is 6.74. The summed E-state index contributed by atoms with van der Waals surface area (Å²) in [5.74, 6) is 0.837. The highest BCUT2D eigenvalue weighted by molar-refractivity contribution is 7.99. The zero-order valence-electron chi connectivity index (χ0n) is 19.3. The Kier molecular flexibility index (Phi) is 7.37. The molecule has 5 rings (SSSR count). The zero-order chi connectivity index (χ0) is 23.7. The van der Waals surface area contributed by atoms with E-state index in [0.29, 0.717) is 0 Å². The summed E-state index contributed by atoms with van der Waals surface area (Å²) in [5, 5.41) is 3.78. The fourth-order valence-corrected chi connectivity index (χ4v) is 4.85. The van der Waals surface area contributed by atoms with Crippen LogP contribution in [0.3, 0.4) is 0 Å². The summed E-state index contributed by atoms with van der Waals surface area (Å²) in [5.41, 5.74) is 4.36. The van der Waals surface area contributed by atoms with E-state index in [1.54, 1.807) is 11.8 Å². The third-order valence-electron chi connectivity index (χ3n) is 5.66. The molecule has 0 radical (unpaired) electrons. The Morgan fingerprint density at radius 3 is 1.63 bits per heavy atom. The first-order valence-electron chi connectivity index (χ1n) is 11.7. The predicted octanol–water partition coefficient (Wildman–Crippen LogP) is 8.30. The van der Waals surface area contributed by atoms with Gasteiger partial charge in [0.2, 0.25) is 0 Å². The smallest absolute Gasteiger partial charge is 0.134 e. The highest BCUT2D eigenvalue weighted by atomic mass is 32.2. The summed E-state index contributed by atoms with van der Waals surface area (Å²) >= 11 is 1.73. The average molecular weight is 471 g/mol. The molecule has 0 heterocycles. The number of benzene rings is 5. The molecule has 0 aliphatic heterocycles. The molecule has 35 heavy (non-hydrogen) atoms. The Labute approximate surface area is 211 Å². The lowest BCUT2D eigenvalue weighted by Crippen LogP contribution is -2.30. The second kappa shape index (κ2) is 11.4. The van der Waals surface area contributed by atoms with E-state index in [0.717, 1.165) is 22.0 Å². The van der Waals surface area contributed by atoms with Gasteiger partial charge in [-0.15, -0.1) is 0 Å². The van der Waals surface area contributed by atoms with Crippen LogP contribution in [-0.2, 0) is 0 Å². The Morgan fingerprint density at radius 1 is 0.543 bits per heavy atom. The number of nitrogens with one attached hydrogen (secondary N) is 1. The summed E-state index contributed by atoms with van der Waals surface area (Å²) in [6.45, 7) is 0. The van der Waals surface area contributed by atoms with Gasteiger partial charge in [-0.3, -0.25) is 0 Å². The molecule has 3 heteroatoms. The van der Waals surface area contributed by atoms with E-state index in [1.165, 1.54) is 16.0 Å². The number of rotatable bonds is 7. The van der Waals surface area contributed by atoms with E-state index >= 15 is 0 Å². The maximum Gasteiger partial charge on any atom is 0.134 e. The van der Waals surface area contributed by atoms with Crippen LogP contribution in [0.4, 0.5) is 5.69 Å². The largest absolute Gasteiger partial charge is 0.359 e. The van der Waals surface area contributed by atoms with Crippen LogP contribution in [0.15, 0.2) is 160 Å². The van der Waals surface area contributed by atoms with Crippen molar-refractivity contribution in [2.45, 2.75) is 15.8 Å². The van der Waals surface area contributed by atoms with Crippen LogP contribution in [0.1, 0.15) is 22.7 Å². The predicted molar refractivity (Wildman–Crippen MR) is 148 cm³/mol. The minimum absolute atomic E-state index is 0.0368. The van der Waals surface area contributed by atoms with Gasteiger partial charge >= 0.3 is 0 Å². The molecule has 0 unspecified atom stereocenters. The zero-order valence-corrected chi connectivity index (χ0v) is 20.1. The second-order valence-corrected chi connectivity index (χ2v) is 9.22. The lowest BCUT2D eigenvalue weighted by atomic mass is 9.98. The molecule has 0 aliphatic carbocycles. The van der Waals surface area contributed by atoms with Crippen molar-refractivity contribution in [3.63, 3.8) is 0 Å². The van der Waals surface area contributed by atoms with Gasteiger partial charge in [0.25, 0.3) is 0 Å². The Balaban J connectivity index is 1.58. The van der Waals surface area contributed by atoms with Crippen molar-refractivity contribution < 1.29 is 0 Å². The van der Waals surface area contributed by atoms with Gasteiger partial charge in [0.1, 0.15) is 5.84 Å². The maximum absolute atomic E-state index is 5.20. The Morgan fingerprint density at radius 2 is 1.03 bits per heavy atom. The van der Waals surface area contributed by atoms with Crippen molar-refractivity contribution >= 4 is 23.3 Å². The van der Waals surface area contributed by atoms with Gasteiger partial charge in [-0.05, 0) is 35.4 Å². The minimum Gasteiger partial charge on any atom is -0.359 e. The van der Waals surface area contributed by atoms with Crippen molar-refractivity contribution in [3.8, 4) is 0 Å². The number of hydrogen-bond acceptors (Lipinski definition) is 2. The highest BCUT2D eigenvalue weighted by Crippen LogP contribution is 2.35. The SMILES string of the molecule is c1ccc(Sc2ccccc2/N=C(/NC(c2ccccc2)c2ccccc2)c2ccccc2)cc1. The van der Waals surface area contributed by atoms with Crippen molar-refractivity contribution in [3.05, 3.63) is 162 Å². The standard InChI is InChI=1S/C32H26N2S/c1-5-15-25(16-6-1)31(26-17-7-2-8-18-26)34-32(27-19-9-3-10-20-27)33-29-23-13-14-24-30(29)35-28-21-11-4-12-22-28/h1-24,31H,(H,33,34). The minimum atomic E-state index is -0.0368. The fraction of sp³-hybridized carbons (Fsp3) is 0.0312. The van der Waals surface area contributed by atoms with Crippen LogP contribution >= 0.6 is 11.8 Å². The molecule has 0 aliphatic rings. The Bertz CT molecular complexity index is 1330. The van der Waals surface area contributed by atoms with Gasteiger partial charge in [0.05, 0.1) is 11.7 Å². The van der Waals surface area contributed by atoms with E-state index in [-0.39, 0.29) is 6.04 Å². The molecule has 0 saturated heterocycles. The number of hydrogen-bond donors (Lipinski definition) is 1. The summed E-state index contributed by atoms with van der Waals surface area (Å²) in [6, 6.07) is 50.1. The van der Waals surface area contributed by atoms with Crippen LogP contribution in [0.2, 0.25) is 0 Å². The van der Waals surface area contributed by atoms with Gasteiger partial charge in [-0.25, -0.2) is 4.99 Å². The van der Waals surface area contributed by atoms with Crippen LogP contribution in [0, 0.1) is 0 Å². The molecule has 5 aromatic rings. The molecule has 2 nitrogen and oxygen atoms in total. The molecule has 0 amide bonds. The summed E-state index contributed by atoms with van der Waals surface area (Å²) in [4.78, 5) is 7.51. The highest BCUT2D eigenvalue weighted by Gasteiger charge is 2.17. The molecule has 0 atom stereocenters. The van der Waals surface area contributed by atoms with Gasteiger partial charge in [-0.2, -0.15) is 0 Å². The van der Waals surface area contributed by atoms with Crippen LogP contribution in [0.5, 0.6) is 0 Å². The maximum atomic E-state index is 5.20. The van der Waals surface area contributed by atoms with Crippen LogP contribution in [-0.4, -0.2) is 5.84 Å². The molecule has 1 N–H and O–H groups in total. The number of amidine groups is 1. The van der Waals surface area contributed by atoms with E-state index in [9.17, 15) is 0 Å². The molecule has 0 fully saturated rings. The van der Waals surface area contributed by atoms with Gasteiger partial charge in [0, 0.05) is 15.4 Å². The third kappa shape index (κ3) is 5.89. The first-order chi connectivity index (χ1) is 17.4. The Hall–Kier alpha value is -4.08. The van der Waals surface area contributed by atoms with Crippen molar-refractivity contribution in [2.24, 2.45) is 4.99 Å². The van der Waals surface area contributed by atoms with Gasteiger partial charge in [0.15, 0.2) is 0 Å². The molecule has 0 bridgehead atoms. The van der Waals surface area contributed by atoms with E-state index in [2.05, 4.69) is 133 Å². The summed E-state index contributed by atoms with van der Waals surface area (Å²) in [6.07, 6.45) is 0. The quantitative estimate of drug-likeness (QED) is 0.191. The molecule has 5 aromatic carbocycles. The fourth-order valence-electron chi connectivity index (χ4n) is 3.93. The van der Waals surface area contributed by atoms with Crippen LogP contribution < -0.4 is 5.32 Å². The molecule has 0 saturated carbocycles. The summed E-state index contributed by atoms with van der Waals surface area (Å²) < 4.78 is 0. The molecular weight excluding hydrogens is 444 g/mol. The van der Waals surface area contributed by atoms with E-state index in [4.69, 9.17) is 4.99 Å². The number of aliphatic imine (C=N–C) groups is 1. The number of nitrogens with zero attached hydrogens (tertiary/aromatic N) is 1. The van der Waals surface area contributed by atoms with Crippen molar-refractivity contribution in [1.29, 1.82) is 0 Å². The topological polar surface area (TPSA) is 24.4 Å². The average Bonchev–Trinajstić information content (AvgIpc) is 2.94. The van der Waals surface area contributed by atoms with E-state index < -0.39 is 0 Å². The van der Waals surface area contributed by atoms with Crippen molar-refractivity contribution in [2.75, 3.05) is 0 Å². The number of para-hydroxylation sites is 1. The van der Waals surface area contributed by atoms with Crippen LogP contribution in [0.25, 0.3) is 0 Å². The second-order valence-electron chi connectivity index (χ2n) is 8.11. The van der Waals surface area contributed by atoms with E-state index in [1.807, 2.05) is 18.2 Å². The summed E-state index contributed by atoms with van der Waals surface area (Å²) in [7, 11) is 0. The molecule has 170 valence electrons. The lowest BCUT2D eigenvalue weighted by Gasteiger charge is -2.23. The van der Waals surface area contributed by atoms with Crippen molar-refractivity contribution in [1.82, 2.24) is 5.32 Å². The lowest BCUT2D eigenvalue weighted by molar-refractivity contribution is 0.762. The molecule has 0 spiro atoms. The normalized spacial score (nSPS) is 11.4. The molecular formula is C32H26N2S. The first-order valence-corrected chi connectivity index (χ1v) is 12.5. The first kappa shape index (κ1) is 22.7.